The molecule has 1 fully saturated rings. The zero-order valence-electron chi connectivity index (χ0n) is 8.94. The molecule has 2 heterocycles. The van der Waals surface area contributed by atoms with Crippen LogP contribution >= 0.6 is 15.9 Å². The highest BCUT2D eigenvalue weighted by molar-refractivity contribution is 9.10. The molecule has 5 heteroatoms. The van der Waals surface area contributed by atoms with Crippen molar-refractivity contribution < 1.29 is 9.47 Å². The summed E-state index contributed by atoms with van der Waals surface area (Å²) < 4.78 is 14.1. The molecule has 0 spiro atoms. The van der Waals surface area contributed by atoms with Gasteiger partial charge in [-0.3, -0.25) is 4.68 Å². The van der Waals surface area contributed by atoms with Crippen LogP contribution in [0.2, 0.25) is 0 Å². The normalized spacial score (nSPS) is 24.6. The Labute approximate surface area is 97.7 Å². The molecule has 84 valence electrons. The fraction of sp³-hybridized carbons (Fsp3) is 0.700. The molecule has 1 aliphatic heterocycles. The molecule has 0 radical (unpaired) electrons. The van der Waals surface area contributed by atoms with E-state index >= 15 is 0 Å². The van der Waals surface area contributed by atoms with E-state index in [0.717, 1.165) is 17.4 Å². The van der Waals surface area contributed by atoms with Crippen molar-refractivity contribution in [1.82, 2.24) is 9.78 Å². The van der Waals surface area contributed by atoms with Crippen LogP contribution in [0.4, 0.5) is 0 Å². The first kappa shape index (κ1) is 11.1. The number of aromatic nitrogens is 2. The summed E-state index contributed by atoms with van der Waals surface area (Å²) in [4.78, 5) is 0. The summed E-state index contributed by atoms with van der Waals surface area (Å²) in [5.74, 6) is -0.421. The van der Waals surface area contributed by atoms with Gasteiger partial charge in [0.25, 0.3) is 0 Å². The molecule has 0 amide bonds. The van der Waals surface area contributed by atoms with Crippen LogP contribution < -0.4 is 0 Å². The molecule has 1 aliphatic rings. The zero-order valence-corrected chi connectivity index (χ0v) is 10.5. The van der Waals surface area contributed by atoms with Gasteiger partial charge in [0.2, 0.25) is 0 Å². The topological polar surface area (TPSA) is 36.3 Å². The third-order valence-electron chi connectivity index (χ3n) is 2.35. The lowest BCUT2D eigenvalue weighted by Crippen LogP contribution is -2.22. The van der Waals surface area contributed by atoms with Crippen molar-refractivity contribution in [3.63, 3.8) is 0 Å². The van der Waals surface area contributed by atoms with Gasteiger partial charge >= 0.3 is 0 Å². The lowest BCUT2D eigenvalue weighted by Gasteiger charge is -2.16. The van der Waals surface area contributed by atoms with E-state index in [9.17, 15) is 0 Å². The molecule has 1 atom stereocenters. The van der Waals surface area contributed by atoms with Gasteiger partial charge in [0.05, 0.1) is 23.4 Å². The Bertz CT molecular complexity index is 338. The predicted molar refractivity (Wildman–Crippen MR) is 59.4 cm³/mol. The van der Waals surface area contributed by atoms with Crippen molar-refractivity contribution in [3.8, 4) is 0 Å². The Morgan fingerprint density at radius 3 is 3.00 bits per heavy atom. The van der Waals surface area contributed by atoms with Crippen LogP contribution in [0.25, 0.3) is 0 Å². The number of hydrogen-bond donors (Lipinski definition) is 0. The molecule has 0 saturated carbocycles. The average molecular weight is 275 g/mol. The van der Waals surface area contributed by atoms with Gasteiger partial charge in [0.15, 0.2) is 5.79 Å². The van der Waals surface area contributed by atoms with Gasteiger partial charge in [0.1, 0.15) is 0 Å². The van der Waals surface area contributed by atoms with Gasteiger partial charge in [-0.15, -0.1) is 0 Å². The number of rotatable bonds is 3. The highest BCUT2D eigenvalue weighted by Crippen LogP contribution is 2.24. The molecule has 1 unspecified atom stereocenters. The second kappa shape index (κ2) is 4.23. The van der Waals surface area contributed by atoms with Crippen molar-refractivity contribution in [2.45, 2.75) is 38.7 Å². The van der Waals surface area contributed by atoms with Crippen LogP contribution in [0.5, 0.6) is 0 Å². The fourth-order valence-corrected chi connectivity index (χ4v) is 1.97. The second-order valence-corrected chi connectivity index (χ2v) is 5.08. The highest BCUT2D eigenvalue weighted by Gasteiger charge is 2.32. The molecule has 0 bridgehead atoms. The fourth-order valence-electron chi connectivity index (χ4n) is 1.64. The van der Waals surface area contributed by atoms with Crippen LogP contribution in [0.3, 0.4) is 0 Å². The lowest BCUT2D eigenvalue weighted by molar-refractivity contribution is -0.139. The molecule has 2 rings (SSSR count). The Morgan fingerprint density at radius 2 is 2.47 bits per heavy atom. The van der Waals surface area contributed by atoms with Gasteiger partial charge in [-0.05, 0) is 36.2 Å². The molecule has 1 aromatic heterocycles. The standard InChI is InChI=1S/C10H15BrN2O2/c1-10(2)14-7-9(15-10)3-4-13-6-8(11)5-12-13/h5-6,9H,3-4,7H2,1-2H3. The monoisotopic (exact) mass is 274 g/mol. The Balaban J connectivity index is 1.80. The maximum atomic E-state index is 5.70. The third kappa shape index (κ3) is 3.03. The van der Waals surface area contributed by atoms with E-state index in [2.05, 4.69) is 21.0 Å². The quantitative estimate of drug-likeness (QED) is 0.848. The van der Waals surface area contributed by atoms with Gasteiger partial charge in [0, 0.05) is 12.7 Å². The molecule has 4 nitrogen and oxygen atoms in total. The van der Waals surface area contributed by atoms with E-state index in [0.29, 0.717) is 6.61 Å². The van der Waals surface area contributed by atoms with E-state index < -0.39 is 5.79 Å². The largest absolute Gasteiger partial charge is 0.348 e. The number of nitrogens with zero attached hydrogens (tertiary/aromatic N) is 2. The molecule has 1 aromatic rings. The molecule has 0 aromatic carbocycles. The lowest BCUT2D eigenvalue weighted by atomic mass is 10.3. The Morgan fingerprint density at radius 1 is 1.67 bits per heavy atom. The SMILES string of the molecule is CC1(C)OCC(CCn2cc(Br)cn2)O1. The first-order valence-corrected chi connectivity index (χ1v) is 5.84. The van der Waals surface area contributed by atoms with E-state index in [1.54, 1.807) is 6.20 Å². The number of halogens is 1. The highest BCUT2D eigenvalue weighted by atomic mass is 79.9. The number of hydrogen-bond acceptors (Lipinski definition) is 3. The van der Waals surface area contributed by atoms with Crippen LogP contribution in [-0.2, 0) is 16.0 Å². The van der Waals surface area contributed by atoms with Crippen molar-refractivity contribution in [3.05, 3.63) is 16.9 Å². The minimum absolute atomic E-state index is 0.183. The minimum atomic E-state index is -0.421. The summed E-state index contributed by atoms with van der Waals surface area (Å²) in [6, 6.07) is 0. The van der Waals surface area contributed by atoms with Gasteiger partial charge in [-0.1, -0.05) is 0 Å². The van der Waals surface area contributed by atoms with Gasteiger partial charge < -0.3 is 9.47 Å². The summed E-state index contributed by atoms with van der Waals surface area (Å²) >= 11 is 3.36. The zero-order chi connectivity index (χ0) is 10.9. The smallest absolute Gasteiger partial charge is 0.163 e. The minimum Gasteiger partial charge on any atom is -0.348 e. The van der Waals surface area contributed by atoms with Crippen molar-refractivity contribution in [1.29, 1.82) is 0 Å². The van der Waals surface area contributed by atoms with Crippen LogP contribution in [0.15, 0.2) is 16.9 Å². The van der Waals surface area contributed by atoms with Crippen molar-refractivity contribution in [2.24, 2.45) is 0 Å². The van der Waals surface area contributed by atoms with Crippen LogP contribution in [0, 0.1) is 0 Å². The van der Waals surface area contributed by atoms with E-state index in [4.69, 9.17) is 9.47 Å². The van der Waals surface area contributed by atoms with Crippen molar-refractivity contribution >= 4 is 15.9 Å². The van der Waals surface area contributed by atoms with Crippen LogP contribution in [0.1, 0.15) is 20.3 Å². The predicted octanol–water partition coefficient (Wildman–Crippen LogP) is 2.19. The van der Waals surface area contributed by atoms with E-state index in [-0.39, 0.29) is 6.10 Å². The molecule has 1 saturated heterocycles. The summed E-state index contributed by atoms with van der Waals surface area (Å²) in [6.45, 7) is 5.42. The summed E-state index contributed by atoms with van der Waals surface area (Å²) in [7, 11) is 0. The van der Waals surface area contributed by atoms with Gasteiger partial charge in [-0.25, -0.2) is 0 Å². The summed E-state index contributed by atoms with van der Waals surface area (Å²) in [5, 5.41) is 4.19. The average Bonchev–Trinajstić information content (AvgIpc) is 2.69. The van der Waals surface area contributed by atoms with Crippen molar-refractivity contribution in [2.75, 3.05) is 6.61 Å². The maximum absolute atomic E-state index is 5.70. The Hall–Kier alpha value is -0.390. The summed E-state index contributed by atoms with van der Waals surface area (Å²) in [6.07, 6.45) is 4.86. The number of aryl methyl sites for hydroxylation is 1. The molecular weight excluding hydrogens is 260 g/mol. The first-order chi connectivity index (χ1) is 7.05. The molecule has 15 heavy (non-hydrogen) atoms. The first-order valence-electron chi connectivity index (χ1n) is 5.05. The van der Waals surface area contributed by atoms with Gasteiger partial charge in [-0.2, -0.15) is 5.10 Å². The Kier molecular flexibility index (Phi) is 3.13. The van der Waals surface area contributed by atoms with E-state index in [1.807, 2.05) is 24.7 Å². The molecule has 0 aliphatic carbocycles. The van der Waals surface area contributed by atoms with E-state index in [1.165, 1.54) is 0 Å². The third-order valence-corrected chi connectivity index (χ3v) is 2.76. The second-order valence-electron chi connectivity index (χ2n) is 4.16. The summed E-state index contributed by atoms with van der Waals surface area (Å²) in [5.41, 5.74) is 0. The maximum Gasteiger partial charge on any atom is 0.163 e. The number of ether oxygens (including phenoxy) is 2. The molecular formula is C10H15BrN2O2. The van der Waals surface area contributed by atoms with Crippen LogP contribution in [-0.4, -0.2) is 28.3 Å². The molecule has 0 N–H and O–H groups in total.